The highest BCUT2D eigenvalue weighted by atomic mass is 79.9. The third-order valence-corrected chi connectivity index (χ3v) is 2.79. The monoisotopic (exact) mass is 288 g/mol. The minimum absolute atomic E-state index is 0.575. The molecule has 0 amide bonds. The van der Waals surface area contributed by atoms with E-state index in [1.165, 1.54) is 0 Å². The molecule has 3 nitrogen and oxygen atoms in total. The lowest BCUT2D eigenvalue weighted by Gasteiger charge is -1.92. The molecule has 0 spiro atoms. The number of halogens is 2. The fraction of sp³-hybridized carbons (Fsp3) is 0.300. The van der Waals surface area contributed by atoms with Gasteiger partial charge in [-0.3, -0.25) is 0 Å². The van der Waals surface area contributed by atoms with E-state index in [4.69, 9.17) is 21.8 Å². The van der Waals surface area contributed by atoms with Gasteiger partial charge in [-0.1, -0.05) is 27.5 Å². The highest BCUT2D eigenvalue weighted by Crippen LogP contribution is 2.28. The molecule has 1 heterocycles. The van der Waals surface area contributed by atoms with Crippen molar-refractivity contribution in [2.75, 3.05) is 6.54 Å². The van der Waals surface area contributed by atoms with Crippen LogP contribution in [-0.2, 0) is 6.42 Å². The van der Waals surface area contributed by atoms with Crippen molar-refractivity contribution in [2.45, 2.75) is 12.8 Å². The molecule has 0 saturated carbocycles. The van der Waals surface area contributed by atoms with E-state index in [2.05, 4.69) is 20.9 Å². The minimum atomic E-state index is 0.575. The molecule has 0 atom stereocenters. The molecule has 1 aromatic carbocycles. The normalized spacial score (nSPS) is 11.1. The zero-order valence-electron chi connectivity index (χ0n) is 7.96. The molecule has 2 aromatic rings. The van der Waals surface area contributed by atoms with Crippen molar-refractivity contribution in [2.24, 2.45) is 5.73 Å². The number of oxazole rings is 1. The van der Waals surface area contributed by atoms with Crippen LogP contribution in [-0.4, -0.2) is 11.5 Å². The second-order valence-electron chi connectivity index (χ2n) is 3.24. The second kappa shape index (κ2) is 4.51. The first-order chi connectivity index (χ1) is 7.20. The van der Waals surface area contributed by atoms with E-state index in [0.29, 0.717) is 23.0 Å². The Kier molecular flexibility index (Phi) is 3.29. The van der Waals surface area contributed by atoms with E-state index in [-0.39, 0.29) is 0 Å². The maximum atomic E-state index is 6.02. The average Bonchev–Trinajstić information content (AvgIpc) is 2.57. The smallest absolute Gasteiger partial charge is 0.195 e. The van der Waals surface area contributed by atoms with Gasteiger partial charge in [0.25, 0.3) is 0 Å². The van der Waals surface area contributed by atoms with Gasteiger partial charge in [-0.05, 0) is 25.1 Å². The van der Waals surface area contributed by atoms with Crippen LogP contribution in [0.1, 0.15) is 12.3 Å². The predicted octanol–water partition coefficient (Wildman–Crippen LogP) is 3.14. The highest BCUT2D eigenvalue weighted by molar-refractivity contribution is 9.10. The van der Waals surface area contributed by atoms with Crippen LogP contribution in [0.4, 0.5) is 0 Å². The molecule has 5 heteroatoms. The molecule has 0 unspecified atom stereocenters. The summed E-state index contributed by atoms with van der Waals surface area (Å²) in [6.45, 7) is 0.635. The number of aromatic nitrogens is 1. The van der Waals surface area contributed by atoms with Crippen molar-refractivity contribution in [1.29, 1.82) is 0 Å². The highest BCUT2D eigenvalue weighted by Gasteiger charge is 2.09. The minimum Gasteiger partial charge on any atom is -0.439 e. The molecule has 1 aromatic heterocycles. The number of rotatable bonds is 3. The molecular weight excluding hydrogens is 279 g/mol. The molecule has 15 heavy (non-hydrogen) atoms. The summed E-state index contributed by atoms with van der Waals surface area (Å²) < 4.78 is 6.44. The van der Waals surface area contributed by atoms with E-state index in [0.717, 1.165) is 22.8 Å². The molecule has 0 saturated heterocycles. The van der Waals surface area contributed by atoms with Crippen LogP contribution in [0.2, 0.25) is 5.02 Å². The second-order valence-corrected chi connectivity index (χ2v) is 4.56. The topological polar surface area (TPSA) is 52.0 Å². The Morgan fingerprint density at radius 1 is 1.47 bits per heavy atom. The van der Waals surface area contributed by atoms with Crippen LogP contribution in [0.5, 0.6) is 0 Å². The quantitative estimate of drug-likeness (QED) is 0.944. The number of hydrogen-bond acceptors (Lipinski definition) is 3. The Morgan fingerprint density at radius 3 is 3.00 bits per heavy atom. The maximum Gasteiger partial charge on any atom is 0.195 e. The van der Waals surface area contributed by atoms with Gasteiger partial charge in [-0.15, -0.1) is 0 Å². The van der Waals surface area contributed by atoms with Gasteiger partial charge in [-0.2, -0.15) is 0 Å². The molecular formula is C10H10BrClN2O. The van der Waals surface area contributed by atoms with Crippen LogP contribution >= 0.6 is 27.5 Å². The lowest BCUT2D eigenvalue weighted by molar-refractivity contribution is 0.521. The Balaban J connectivity index is 2.41. The summed E-state index contributed by atoms with van der Waals surface area (Å²) in [5, 5.41) is 0.575. The van der Waals surface area contributed by atoms with E-state index < -0.39 is 0 Å². The lowest BCUT2D eigenvalue weighted by atomic mass is 10.3. The summed E-state index contributed by atoms with van der Waals surface area (Å²) in [6.07, 6.45) is 1.62. The summed E-state index contributed by atoms with van der Waals surface area (Å²) >= 11 is 9.38. The summed E-state index contributed by atoms with van der Waals surface area (Å²) in [6, 6.07) is 3.68. The van der Waals surface area contributed by atoms with Gasteiger partial charge in [0.1, 0.15) is 5.52 Å². The first-order valence-electron chi connectivity index (χ1n) is 4.65. The number of fused-ring (bicyclic) bond motifs is 1. The third-order valence-electron chi connectivity index (χ3n) is 2.05. The molecule has 2 N–H and O–H groups in total. The van der Waals surface area contributed by atoms with E-state index in [1.807, 2.05) is 6.07 Å². The average molecular weight is 290 g/mol. The van der Waals surface area contributed by atoms with Gasteiger partial charge < -0.3 is 10.2 Å². The first-order valence-corrected chi connectivity index (χ1v) is 5.82. The Hall–Kier alpha value is -0.580. The number of hydrogen-bond donors (Lipinski definition) is 1. The first kappa shape index (κ1) is 10.9. The van der Waals surface area contributed by atoms with E-state index in [1.54, 1.807) is 6.07 Å². The van der Waals surface area contributed by atoms with Gasteiger partial charge in [0.15, 0.2) is 11.5 Å². The molecule has 0 bridgehead atoms. The summed E-state index contributed by atoms with van der Waals surface area (Å²) in [7, 11) is 0. The van der Waals surface area contributed by atoms with Crippen molar-refractivity contribution in [3.63, 3.8) is 0 Å². The molecule has 0 radical (unpaired) electrons. The lowest BCUT2D eigenvalue weighted by Crippen LogP contribution is -2.00. The fourth-order valence-electron chi connectivity index (χ4n) is 1.37. The SMILES string of the molecule is NCCCc1nc2cc(Br)cc(Cl)c2o1. The molecule has 80 valence electrons. The standard InChI is InChI=1S/C10H10BrClN2O/c11-6-4-7(12)10-8(5-6)14-9(15-10)2-1-3-13/h4-5H,1-3,13H2. The Bertz CT molecular complexity index is 483. The number of benzene rings is 1. The van der Waals surface area contributed by atoms with Gasteiger partial charge in [0.2, 0.25) is 0 Å². The Labute approximate surface area is 101 Å². The van der Waals surface area contributed by atoms with Crippen LogP contribution in [0.15, 0.2) is 21.0 Å². The molecule has 2 rings (SSSR count). The van der Waals surface area contributed by atoms with E-state index >= 15 is 0 Å². The Morgan fingerprint density at radius 2 is 2.27 bits per heavy atom. The zero-order valence-corrected chi connectivity index (χ0v) is 10.3. The van der Waals surface area contributed by atoms with Gasteiger partial charge >= 0.3 is 0 Å². The maximum absolute atomic E-state index is 6.02. The molecule has 0 aliphatic rings. The van der Waals surface area contributed by atoms with Crippen molar-refractivity contribution < 1.29 is 4.42 Å². The zero-order chi connectivity index (χ0) is 10.8. The predicted molar refractivity (Wildman–Crippen MR) is 64.1 cm³/mol. The van der Waals surface area contributed by atoms with Crippen molar-refractivity contribution in [1.82, 2.24) is 4.98 Å². The van der Waals surface area contributed by atoms with Crippen molar-refractivity contribution in [3.05, 3.63) is 27.5 Å². The van der Waals surface area contributed by atoms with Crippen LogP contribution in [0, 0.1) is 0 Å². The fourth-order valence-corrected chi connectivity index (χ4v) is 2.20. The van der Waals surface area contributed by atoms with Gasteiger partial charge in [-0.25, -0.2) is 4.98 Å². The van der Waals surface area contributed by atoms with Gasteiger partial charge in [0.05, 0.1) is 5.02 Å². The number of nitrogens with zero attached hydrogens (tertiary/aromatic N) is 1. The van der Waals surface area contributed by atoms with Crippen molar-refractivity contribution in [3.8, 4) is 0 Å². The number of nitrogens with two attached hydrogens (primary N) is 1. The third kappa shape index (κ3) is 2.33. The summed E-state index contributed by atoms with van der Waals surface area (Å²) in [5.41, 5.74) is 6.85. The molecule has 0 aliphatic heterocycles. The van der Waals surface area contributed by atoms with E-state index in [9.17, 15) is 0 Å². The van der Waals surface area contributed by atoms with Gasteiger partial charge in [0, 0.05) is 10.9 Å². The largest absolute Gasteiger partial charge is 0.439 e. The number of aryl methyl sites for hydroxylation is 1. The van der Waals surface area contributed by atoms with Crippen LogP contribution in [0.3, 0.4) is 0 Å². The molecule has 0 fully saturated rings. The molecule has 0 aliphatic carbocycles. The summed E-state index contributed by atoms with van der Waals surface area (Å²) in [5.74, 6) is 0.690. The van der Waals surface area contributed by atoms with Crippen molar-refractivity contribution >= 4 is 38.6 Å². The van der Waals surface area contributed by atoms with Crippen LogP contribution < -0.4 is 5.73 Å². The summed E-state index contributed by atoms with van der Waals surface area (Å²) in [4.78, 5) is 4.34. The van der Waals surface area contributed by atoms with Crippen LogP contribution in [0.25, 0.3) is 11.1 Å².